The van der Waals surface area contributed by atoms with Gasteiger partial charge < -0.3 is 10.2 Å². The SMILES string of the molecule is C[C@@H](C(=O)NC1CCCC1)N(Cc1ccc(F)cc1)C(=O)CN(c1cc(C(F)(F)F)ccc1Cl)S(C)(=O)=O. The van der Waals surface area contributed by atoms with Crippen LogP contribution in [-0.2, 0) is 32.3 Å². The standard InChI is InChI=1S/C25H28ClF4N3O4S/c1-16(24(35)31-20-5-3-4-6-20)32(14-17-7-10-19(27)11-8-17)23(34)15-33(38(2,36)37)22-13-18(25(28,29)30)9-12-21(22)26/h7-13,16,20H,3-6,14-15H2,1-2H3,(H,31,35)/t16-/m0/s1. The van der Waals surface area contributed by atoms with Crippen LogP contribution < -0.4 is 9.62 Å². The molecule has 13 heteroatoms. The first-order valence-corrected chi connectivity index (χ1v) is 14.1. The summed E-state index contributed by atoms with van der Waals surface area (Å²) in [6.45, 7) is 0.377. The van der Waals surface area contributed by atoms with E-state index < -0.39 is 57.7 Å². The summed E-state index contributed by atoms with van der Waals surface area (Å²) in [4.78, 5) is 27.6. The molecule has 0 aromatic heterocycles. The van der Waals surface area contributed by atoms with Gasteiger partial charge in [0.15, 0.2) is 0 Å². The van der Waals surface area contributed by atoms with E-state index in [1.165, 1.54) is 31.2 Å². The van der Waals surface area contributed by atoms with Crippen molar-refractivity contribution in [1.82, 2.24) is 10.2 Å². The number of carbonyl (C=O) groups is 2. The minimum absolute atomic E-state index is 0.0517. The predicted octanol–water partition coefficient (Wildman–Crippen LogP) is 4.74. The van der Waals surface area contributed by atoms with Crippen LogP contribution in [0.4, 0.5) is 23.2 Å². The summed E-state index contributed by atoms with van der Waals surface area (Å²) in [5.41, 5.74) is -1.21. The molecule has 0 aliphatic heterocycles. The fraction of sp³-hybridized carbons (Fsp3) is 0.440. The Morgan fingerprint density at radius 1 is 1.11 bits per heavy atom. The van der Waals surface area contributed by atoms with Crippen LogP contribution in [0.2, 0.25) is 5.02 Å². The van der Waals surface area contributed by atoms with E-state index in [1.54, 1.807) is 0 Å². The zero-order chi connectivity index (χ0) is 28.3. The van der Waals surface area contributed by atoms with Crippen molar-refractivity contribution in [1.29, 1.82) is 0 Å². The molecule has 1 saturated carbocycles. The lowest BCUT2D eigenvalue weighted by atomic mass is 10.1. The number of rotatable bonds is 9. The molecule has 0 heterocycles. The number of hydrogen-bond donors (Lipinski definition) is 1. The van der Waals surface area contributed by atoms with Gasteiger partial charge in [-0.1, -0.05) is 36.6 Å². The van der Waals surface area contributed by atoms with Crippen LogP contribution in [0.5, 0.6) is 0 Å². The van der Waals surface area contributed by atoms with E-state index in [-0.39, 0.29) is 17.6 Å². The maximum absolute atomic E-state index is 13.5. The predicted molar refractivity (Wildman–Crippen MR) is 135 cm³/mol. The maximum Gasteiger partial charge on any atom is 0.416 e. The minimum atomic E-state index is -4.78. The highest BCUT2D eigenvalue weighted by atomic mass is 35.5. The third-order valence-electron chi connectivity index (χ3n) is 6.36. The summed E-state index contributed by atoms with van der Waals surface area (Å²) < 4.78 is 79.1. The van der Waals surface area contributed by atoms with Gasteiger partial charge in [-0.15, -0.1) is 0 Å². The third kappa shape index (κ3) is 7.59. The van der Waals surface area contributed by atoms with Crippen molar-refractivity contribution in [2.45, 2.75) is 57.4 Å². The van der Waals surface area contributed by atoms with E-state index in [1.807, 2.05) is 0 Å². The number of sulfonamides is 1. The highest BCUT2D eigenvalue weighted by Gasteiger charge is 2.35. The summed E-state index contributed by atoms with van der Waals surface area (Å²) in [6.07, 6.45) is -0.552. The lowest BCUT2D eigenvalue weighted by molar-refractivity contribution is -0.139. The smallest absolute Gasteiger partial charge is 0.352 e. The van der Waals surface area contributed by atoms with Crippen molar-refractivity contribution >= 4 is 39.1 Å². The number of benzene rings is 2. The Bertz CT molecular complexity index is 1270. The Balaban J connectivity index is 1.95. The molecule has 1 N–H and O–H groups in total. The number of nitrogens with one attached hydrogen (secondary N) is 1. The van der Waals surface area contributed by atoms with Crippen LogP contribution in [-0.4, -0.2) is 50.0 Å². The minimum Gasteiger partial charge on any atom is -0.352 e. The fourth-order valence-corrected chi connectivity index (χ4v) is 5.36. The second-order valence-corrected chi connectivity index (χ2v) is 11.6. The molecule has 0 radical (unpaired) electrons. The molecule has 1 aliphatic carbocycles. The zero-order valence-corrected chi connectivity index (χ0v) is 22.3. The van der Waals surface area contributed by atoms with Gasteiger partial charge in [-0.25, -0.2) is 12.8 Å². The van der Waals surface area contributed by atoms with Gasteiger partial charge in [0.1, 0.15) is 18.4 Å². The van der Waals surface area contributed by atoms with Crippen LogP contribution in [0.3, 0.4) is 0 Å². The Morgan fingerprint density at radius 2 is 1.71 bits per heavy atom. The molecule has 38 heavy (non-hydrogen) atoms. The Labute approximate surface area is 223 Å². The molecule has 0 unspecified atom stereocenters. The maximum atomic E-state index is 13.5. The number of amides is 2. The second-order valence-electron chi connectivity index (χ2n) is 9.25. The van der Waals surface area contributed by atoms with E-state index in [2.05, 4.69) is 5.32 Å². The molecule has 1 aliphatic rings. The number of hydrogen-bond acceptors (Lipinski definition) is 4. The van der Waals surface area contributed by atoms with Crippen LogP contribution in [0.15, 0.2) is 42.5 Å². The van der Waals surface area contributed by atoms with E-state index >= 15 is 0 Å². The Kier molecular flexibility index (Phi) is 9.30. The van der Waals surface area contributed by atoms with Gasteiger partial charge in [0, 0.05) is 12.6 Å². The lowest BCUT2D eigenvalue weighted by Gasteiger charge is -2.32. The molecule has 208 valence electrons. The topological polar surface area (TPSA) is 86.8 Å². The fourth-order valence-electron chi connectivity index (χ4n) is 4.24. The Hall–Kier alpha value is -2.86. The highest BCUT2D eigenvalue weighted by Crippen LogP contribution is 2.36. The molecule has 2 aromatic carbocycles. The molecule has 2 amide bonds. The highest BCUT2D eigenvalue weighted by molar-refractivity contribution is 7.92. The van der Waals surface area contributed by atoms with Gasteiger partial charge >= 0.3 is 6.18 Å². The van der Waals surface area contributed by atoms with Crippen LogP contribution >= 0.6 is 11.6 Å². The number of carbonyl (C=O) groups excluding carboxylic acids is 2. The normalized spacial score (nSPS) is 15.2. The second kappa shape index (κ2) is 11.9. The average molecular weight is 578 g/mol. The van der Waals surface area contributed by atoms with E-state index in [0.717, 1.165) is 42.9 Å². The van der Waals surface area contributed by atoms with Gasteiger partial charge in [0.2, 0.25) is 21.8 Å². The number of alkyl halides is 3. The van der Waals surface area contributed by atoms with Crippen LogP contribution in [0.25, 0.3) is 0 Å². The van der Waals surface area contributed by atoms with Crippen molar-refractivity contribution in [3.63, 3.8) is 0 Å². The van der Waals surface area contributed by atoms with E-state index in [9.17, 15) is 35.6 Å². The molecule has 0 spiro atoms. The molecular formula is C25H28ClF4N3O4S. The largest absolute Gasteiger partial charge is 0.416 e. The first-order chi connectivity index (χ1) is 17.7. The first kappa shape index (κ1) is 29.7. The van der Waals surface area contributed by atoms with Crippen LogP contribution in [0.1, 0.15) is 43.7 Å². The van der Waals surface area contributed by atoms with Gasteiger partial charge in [-0.2, -0.15) is 13.2 Å². The third-order valence-corrected chi connectivity index (χ3v) is 7.80. The summed E-state index contributed by atoms with van der Waals surface area (Å²) in [5.74, 6) is -1.83. The van der Waals surface area contributed by atoms with Crippen molar-refractivity contribution in [2.75, 3.05) is 17.1 Å². The van der Waals surface area contributed by atoms with E-state index in [4.69, 9.17) is 11.6 Å². The molecule has 2 aromatic rings. The van der Waals surface area contributed by atoms with Crippen molar-refractivity contribution < 1.29 is 35.6 Å². The summed E-state index contributed by atoms with van der Waals surface area (Å²) in [5, 5.41) is 2.57. The molecule has 3 rings (SSSR count). The van der Waals surface area contributed by atoms with Crippen molar-refractivity contribution in [2.24, 2.45) is 0 Å². The number of anilines is 1. The molecule has 1 fully saturated rings. The average Bonchev–Trinajstić information content (AvgIpc) is 3.33. The summed E-state index contributed by atoms with van der Waals surface area (Å²) in [7, 11) is -4.29. The summed E-state index contributed by atoms with van der Waals surface area (Å²) in [6, 6.07) is 6.21. The molecule has 0 bridgehead atoms. The monoisotopic (exact) mass is 577 g/mol. The Morgan fingerprint density at radius 3 is 2.26 bits per heavy atom. The number of halogens is 5. The lowest BCUT2D eigenvalue weighted by Crippen LogP contribution is -2.52. The van der Waals surface area contributed by atoms with Gasteiger partial charge in [-0.05, 0) is 55.7 Å². The quantitative estimate of drug-likeness (QED) is 0.436. The van der Waals surface area contributed by atoms with Crippen molar-refractivity contribution in [3.8, 4) is 0 Å². The first-order valence-electron chi connectivity index (χ1n) is 11.9. The summed E-state index contributed by atoms with van der Waals surface area (Å²) >= 11 is 6.06. The van der Waals surface area contributed by atoms with Crippen molar-refractivity contribution in [3.05, 3.63) is 64.4 Å². The molecule has 7 nitrogen and oxygen atoms in total. The van der Waals surface area contributed by atoms with E-state index in [0.29, 0.717) is 22.0 Å². The van der Waals surface area contributed by atoms with Gasteiger partial charge in [-0.3, -0.25) is 13.9 Å². The zero-order valence-electron chi connectivity index (χ0n) is 20.8. The molecule has 1 atom stereocenters. The number of nitrogens with zero attached hydrogens (tertiary/aromatic N) is 2. The van der Waals surface area contributed by atoms with Gasteiger partial charge in [0.25, 0.3) is 0 Å². The van der Waals surface area contributed by atoms with Gasteiger partial charge in [0.05, 0.1) is 22.5 Å². The van der Waals surface area contributed by atoms with Crippen LogP contribution in [0, 0.1) is 5.82 Å². The molecule has 0 saturated heterocycles. The molecular weight excluding hydrogens is 550 g/mol.